The fourth-order valence-corrected chi connectivity index (χ4v) is 1.60. The van der Waals surface area contributed by atoms with Crippen molar-refractivity contribution >= 4 is 11.9 Å². The monoisotopic (exact) mass is 249 g/mol. The summed E-state index contributed by atoms with van der Waals surface area (Å²) in [6, 6.07) is 6.39. The molecular formula is C14H19NO3. The number of hydrogen-bond donors (Lipinski definition) is 2. The Morgan fingerprint density at radius 1 is 1.22 bits per heavy atom. The summed E-state index contributed by atoms with van der Waals surface area (Å²) < 4.78 is 0. The SMILES string of the molecule is CCC(NC(=O)c1ccc(C(C)C)cc1)C(=O)O. The van der Waals surface area contributed by atoms with Crippen molar-refractivity contribution in [1.82, 2.24) is 5.32 Å². The summed E-state index contributed by atoms with van der Waals surface area (Å²) in [4.78, 5) is 22.7. The average Bonchev–Trinajstić information content (AvgIpc) is 2.35. The molecule has 1 amide bonds. The molecule has 0 bridgehead atoms. The number of carboxylic acids is 1. The van der Waals surface area contributed by atoms with Gasteiger partial charge in [-0.3, -0.25) is 4.79 Å². The normalized spacial score (nSPS) is 12.2. The van der Waals surface area contributed by atoms with Gasteiger partial charge in [-0.2, -0.15) is 0 Å². The van der Waals surface area contributed by atoms with E-state index in [0.717, 1.165) is 5.56 Å². The molecule has 1 aromatic carbocycles. The number of rotatable bonds is 5. The van der Waals surface area contributed by atoms with Crippen molar-refractivity contribution in [2.75, 3.05) is 0 Å². The van der Waals surface area contributed by atoms with Gasteiger partial charge in [0.15, 0.2) is 0 Å². The van der Waals surface area contributed by atoms with Crippen LogP contribution in [0.5, 0.6) is 0 Å². The molecule has 4 heteroatoms. The fourth-order valence-electron chi connectivity index (χ4n) is 1.60. The third kappa shape index (κ3) is 3.58. The van der Waals surface area contributed by atoms with Gasteiger partial charge in [0.2, 0.25) is 0 Å². The molecule has 98 valence electrons. The van der Waals surface area contributed by atoms with E-state index in [1.54, 1.807) is 19.1 Å². The lowest BCUT2D eigenvalue weighted by molar-refractivity contribution is -0.139. The Labute approximate surface area is 107 Å². The van der Waals surface area contributed by atoms with Gasteiger partial charge in [-0.05, 0) is 30.0 Å². The van der Waals surface area contributed by atoms with E-state index < -0.39 is 12.0 Å². The van der Waals surface area contributed by atoms with Crippen molar-refractivity contribution in [2.24, 2.45) is 0 Å². The van der Waals surface area contributed by atoms with E-state index in [2.05, 4.69) is 19.2 Å². The predicted octanol–water partition coefficient (Wildman–Crippen LogP) is 2.40. The van der Waals surface area contributed by atoms with E-state index in [0.29, 0.717) is 17.9 Å². The van der Waals surface area contributed by atoms with Crippen LogP contribution in [0.1, 0.15) is 49.0 Å². The Morgan fingerprint density at radius 2 is 1.78 bits per heavy atom. The quantitative estimate of drug-likeness (QED) is 0.842. The summed E-state index contributed by atoms with van der Waals surface area (Å²) in [6.07, 6.45) is 0.366. The number of carbonyl (C=O) groups excluding carboxylic acids is 1. The zero-order chi connectivity index (χ0) is 13.7. The Bertz CT molecular complexity index is 423. The van der Waals surface area contributed by atoms with Crippen LogP contribution >= 0.6 is 0 Å². The van der Waals surface area contributed by atoms with E-state index in [1.165, 1.54) is 0 Å². The van der Waals surface area contributed by atoms with Crippen LogP contribution in [0.3, 0.4) is 0 Å². The van der Waals surface area contributed by atoms with Gasteiger partial charge in [0.1, 0.15) is 6.04 Å². The number of carboxylic acid groups (broad SMARTS) is 1. The maximum atomic E-state index is 11.8. The van der Waals surface area contributed by atoms with Crippen LogP contribution in [-0.4, -0.2) is 23.0 Å². The first kappa shape index (κ1) is 14.2. The number of benzene rings is 1. The summed E-state index contributed by atoms with van der Waals surface area (Å²) in [5.74, 6) is -0.950. The molecule has 1 unspecified atom stereocenters. The van der Waals surface area contributed by atoms with Gasteiger partial charge >= 0.3 is 5.97 Å². The first-order valence-corrected chi connectivity index (χ1v) is 6.09. The third-order valence-corrected chi connectivity index (χ3v) is 2.85. The Balaban J connectivity index is 2.75. The molecule has 0 radical (unpaired) electrons. The van der Waals surface area contributed by atoms with Crippen molar-refractivity contribution in [3.63, 3.8) is 0 Å². The highest BCUT2D eigenvalue weighted by Crippen LogP contribution is 2.14. The number of aliphatic carboxylic acids is 1. The molecular weight excluding hydrogens is 230 g/mol. The van der Waals surface area contributed by atoms with Crippen LogP contribution in [0.2, 0.25) is 0 Å². The zero-order valence-corrected chi connectivity index (χ0v) is 10.9. The zero-order valence-electron chi connectivity index (χ0n) is 10.9. The number of carbonyl (C=O) groups is 2. The van der Waals surface area contributed by atoms with E-state index in [9.17, 15) is 9.59 Å². The smallest absolute Gasteiger partial charge is 0.326 e. The van der Waals surface area contributed by atoms with Crippen molar-refractivity contribution in [1.29, 1.82) is 0 Å². The standard InChI is InChI=1S/C14H19NO3/c1-4-12(14(17)18)15-13(16)11-7-5-10(6-8-11)9(2)3/h5-9,12H,4H2,1-3H3,(H,15,16)(H,17,18). The molecule has 0 aliphatic rings. The van der Waals surface area contributed by atoms with Gasteiger partial charge in [-0.1, -0.05) is 32.9 Å². The molecule has 18 heavy (non-hydrogen) atoms. The molecule has 0 saturated carbocycles. The summed E-state index contributed by atoms with van der Waals surface area (Å²) in [5, 5.41) is 11.4. The van der Waals surface area contributed by atoms with Crippen LogP contribution in [-0.2, 0) is 4.79 Å². The largest absolute Gasteiger partial charge is 0.480 e. The van der Waals surface area contributed by atoms with Crippen LogP contribution in [0, 0.1) is 0 Å². The molecule has 2 N–H and O–H groups in total. The highest BCUT2D eigenvalue weighted by molar-refractivity contribution is 5.96. The number of amides is 1. The van der Waals surface area contributed by atoms with Crippen LogP contribution in [0.15, 0.2) is 24.3 Å². The lowest BCUT2D eigenvalue weighted by Gasteiger charge is -2.12. The van der Waals surface area contributed by atoms with E-state index >= 15 is 0 Å². The van der Waals surface area contributed by atoms with E-state index in [-0.39, 0.29) is 5.91 Å². The van der Waals surface area contributed by atoms with Crippen LogP contribution < -0.4 is 5.32 Å². The molecule has 0 heterocycles. The van der Waals surface area contributed by atoms with Gasteiger partial charge in [0, 0.05) is 5.56 Å². The molecule has 4 nitrogen and oxygen atoms in total. The minimum Gasteiger partial charge on any atom is -0.480 e. The summed E-state index contributed by atoms with van der Waals surface area (Å²) in [6.45, 7) is 5.88. The van der Waals surface area contributed by atoms with Crippen LogP contribution in [0.4, 0.5) is 0 Å². The Hall–Kier alpha value is -1.84. The van der Waals surface area contributed by atoms with Crippen molar-refractivity contribution in [2.45, 2.75) is 39.2 Å². The topological polar surface area (TPSA) is 66.4 Å². The molecule has 0 aliphatic heterocycles. The van der Waals surface area contributed by atoms with Crippen molar-refractivity contribution in [3.05, 3.63) is 35.4 Å². The second kappa shape index (κ2) is 6.19. The Kier molecular flexibility index (Phi) is 4.89. The summed E-state index contributed by atoms with van der Waals surface area (Å²) in [7, 11) is 0. The number of hydrogen-bond acceptors (Lipinski definition) is 2. The first-order chi connectivity index (χ1) is 8.45. The third-order valence-electron chi connectivity index (χ3n) is 2.85. The highest BCUT2D eigenvalue weighted by Gasteiger charge is 2.18. The Morgan fingerprint density at radius 3 is 2.17 bits per heavy atom. The van der Waals surface area contributed by atoms with Gasteiger partial charge in [0.25, 0.3) is 5.91 Å². The van der Waals surface area contributed by atoms with Gasteiger partial charge in [0.05, 0.1) is 0 Å². The lowest BCUT2D eigenvalue weighted by atomic mass is 10.0. The van der Waals surface area contributed by atoms with Gasteiger partial charge in [-0.25, -0.2) is 4.79 Å². The molecule has 0 saturated heterocycles. The first-order valence-electron chi connectivity index (χ1n) is 6.09. The second-order valence-electron chi connectivity index (χ2n) is 4.55. The minimum absolute atomic E-state index is 0.348. The van der Waals surface area contributed by atoms with Gasteiger partial charge in [-0.15, -0.1) is 0 Å². The van der Waals surface area contributed by atoms with Crippen molar-refractivity contribution < 1.29 is 14.7 Å². The highest BCUT2D eigenvalue weighted by atomic mass is 16.4. The van der Waals surface area contributed by atoms with Gasteiger partial charge < -0.3 is 10.4 Å². The van der Waals surface area contributed by atoms with E-state index in [4.69, 9.17) is 5.11 Å². The minimum atomic E-state index is -1.01. The lowest BCUT2D eigenvalue weighted by Crippen LogP contribution is -2.40. The number of nitrogens with one attached hydrogen (secondary N) is 1. The maximum absolute atomic E-state index is 11.8. The molecule has 0 fully saturated rings. The molecule has 1 aromatic rings. The molecule has 0 spiro atoms. The average molecular weight is 249 g/mol. The van der Waals surface area contributed by atoms with Crippen molar-refractivity contribution in [3.8, 4) is 0 Å². The fraction of sp³-hybridized carbons (Fsp3) is 0.429. The summed E-state index contributed by atoms with van der Waals surface area (Å²) in [5.41, 5.74) is 1.64. The predicted molar refractivity (Wildman–Crippen MR) is 69.7 cm³/mol. The van der Waals surface area contributed by atoms with E-state index in [1.807, 2.05) is 12.1 Å². The second-order valence-corrected chi connectivity index (χ2v) is 4.55. The molecule has 0 aromatic heterocycles. The molecule has 0 aliphatic carbocycles. The summed E-state index contributed by atoms with van der Waals surface area (Å²) >= 11 is 0. The molecule has 1 atom stereocenters. The molecule has 1 rings (SSSR count). The maximum Gasteiger partial charge on any atom is 0.326 e. The van der Waals surface area contributed by atoms with Crippen LogP contribution in [0.25, 0.3) is 0 Å².